The fourth-order valence-electron chi connectivity index (χ4n) is 3.84. The molecule has 1 saturated heterocycles. The second-order valence-electron chi connectivity index (χ2n) is 7.58. The molecule has 1 aromatic carbocycles. The minimum atomic E-state index is -0.120. The number of rotatable bonds is 5. The van der Waals surface area contributed by atoms with Gasteiger partial charge in [-0.1, -0.05) is 12.1 Å². The van der Waals surface area contributed by atoms with Gasteiger partial charge in [0.15, 0.2) is 11.6 Å². The van der Waals surface area contributed by atoms with Crippen molar-refractivity contribution in [2.24, 2.45) is 0 Å². The summed E-state index contributed by atoms with van der Waals surface area (Å²) in [5.41, 5.74) is 0.544. The van der Waals surface area contributed by atoms with Crippen molar-refractivity contribution in [3.05, 3.63) is 71.5 Å². The number of amides is 1. The lowest BCUT2D eigenvalue weighted by atomic mass is 10.2. The van der Waals surface area contributed by atoms with Gasteiger partial charge in [-0.15, -0.1) is 10.2 Å². The van der Waals surface area contributed by atoms with Gasteiger partial charge in [0.1, 0.15) is 0 Å². The summed E-state index contributed by atoms with van der Waals surface area (Å²) in [4.78, 5) is 33.5. The number of hydrogen-bond donors (Lipinski definition) is 0. The Morgan fingerprint density at radius 3 is 2.47 bits per heavy atom. The van der Waals surface area contributed by atoms with Gasteiger partial charge in [0.2, 0.25) is 5.91 Å². The Bertz CT molecular complexity index is 1280. The number of anilines is 1. The maximum absolute atomic E-state index is 12.7. The number of aryl methyl sites for hydroxylation is 1. The lowest BCUT2D eigenvalue weighted by Crippen LogP contribution is -2.49. The highest BCUT2D eigenvalue weighted by Gasteiger charge is 2.22. The van der Waals surface area contributed by atoms with E-state index in [9.17, 15) is 9.59 Å². The van der Waals surface area contributed by atoms with Gasteiger partial charge in [0.05, 0.1) is 17.2 Å². The summed E-state index contributed by atoms with van der Waals surface area (Å²) in [5.74, 6) is 1.47. The first-order valence-electron chi connectivity index (χ1n) is 10.5. The summed E-state index contributed by atoms with van der Waals surface area (Å²) in [5, 5.41) is 13.3. The third-order valence-electron chi connectivity index (χ3n) is 5.63. The highest BCUT2D eigenvalue weighted by molar-refractivity contribution is 5.77. The zero-order chi connectivity index (χ0) is 21.9. The molecular weight excluding hydrogens is 408 g/mol. The molecule has 0 spiro atoms. The number of para-hydroxylation sites is 1. The number of piperazine rings is 1. The summed E-state index contributed by atoms with van der Waals surface area (Å²) in [6.45, 7) is 2.88. The van der Waals surface area contributed by atoms with E-state index in [0.29, 0.717) is 49.4 Å². The second-order valence-corrected chi connectivity index (χ2v) is 7.58. The zero-order valence-electron chi connectivity index (χ0n) is 17.4. The zero-order valence-corrected chi connectivity index (χ0v) is 17.4. The van der Waals surface area contributed by atoms with Crippen LogP contribution in [0.15, 0.2) is 66.0 Å². The smallest absolute Gasteiger partial charge is 0.261 e. The monoisotopic (exact) mass is 430 g/mol. The Morgan fingerprint density at radius 2 is 1.72 bits per heavy atom. The van der Waals surface area contributed by atoms with E-state index < -0.39 is 0 Å². The van der Waals surface area contributed by atoms with Crippen LogP contribution < -0.4 is 10.5 Å². The molecule has 1 aliphatic heterocycles. The number of benzene rings is 1. The Hall–Kier alpha value is -4.08. The van der Waals surface area contributed by atoms with Gasteiger partial charge in [-0.2, -0.15) is 5.10 Å². The van der Waals surface area contributed by atoms with Crippen LogP contribution >= 0.6 is 0 Å². The van der Waals surface area contributed by atoms with Crippen LogP contribution in [0.2, 0.25) is 0 Å². The van der Waals surface area contributed by atoms with Crippen LogP contribution in [-0.2, 0) is 11.3 Å². The standard InChI is InChI=1S/C22H22N8O2/c31-21(8-11-29-16-23-18-5-2-1-4-17(18)22(29)32)28-14-12-27(13-15-28)19-6-7-20(26-25-19)30-10-3-9-24-30/h1-7,9-10,16H,8,11-15H2. The lowest BCUT2D eigenvalue weighted by Gasteiger charge is -2.35. The molecule has 1 aliphatic rings. The van der Waals surface area contributed by atoms with Crippen molar-refractivity contribution in [3.8, 4) is 5.82 Å². The molecule has 32 heavy (non-hydrogen) atoms. The van der Waals surface area contributed by atoms with Gasteiger partial charge < -0.3 is 9.80 Å². The topological polar surface area (TPSA) is 102 Å². The molecule has 1 fully saturated rings. The molecule has 0 bridgehead atoms. The molecule has 3 aromatic heterocycles. The largest absolute Gasteiger partial charge is 0.352 e. The van der Waals surface area contributed by atoms with Crippen LogP contribution in [0.4, 0.5) is 5.82 Å². The SMILES string of the molecule is O=C(CCn1cnc2ccccc2c1=O)N1CCN(c2ccc(-n3cccn3)nn2)CC1. The summed E-state index contributed by atoms with van der Waals surface area (Å²) < 4.78 is 3.16. The van der Waals surface area contributed by atoms with E-state index in [1.807, 2.05) is 41.4 Å². The molecule has 0 aliphatic carbocycles. The van der Waals surface area contributed by atoms with Crippen LogP contribution in [0.3, 0.4) is 0 Å². The molecule has 4 heterocycles. The molecule has 0 atom stereocenters. The van der Waals surface area contributed by atoms with Crippen LogP contribution in [0.25, 0.3) is 16.7 Å². The van der Waals surface area contributed by atoms with Crippen LogP contribution in [0.1, 0.15) is 6.42 Å². The first-order chi connectivity index (χ1) is 15.7. The minimum absolute atomic E-state index is 0.0322. The van der Waals surface area contributed by atoms with Crippen molar-refractivity contribution in [1.82, 2.24) is 34.4 Å². The third-order valence-corrected chi connectivity index (χ3v) is 5.63. The van der Waals surface area contributed by atoms with Crippen molar-refractivity contribution in [2.75, 3.05) is 31.1 Å². The maximum atomic E-state index is 12.7. The van der Waals surface area contributed by atoms with Crippen LogP contribution in [-0.4, -0.2) is 66.5 Å². The predicted molar refractivity (Wildman–Crippen MR) is 119 cm³/mol. The molecular formula is C22H22N8O2. The fraction of sp³-hybridized carbons (Fsp3) is 0.273. The van der Waals surface area contributed by atoms with E-state index in [-0.39, 0.29) is 17.9 Å². The average molecular weight is 430 g/mol. The summed E-state index contributed by atoms with van der Waals surface area (Å²) in [7, 11) is 0. The molecule has 0 saturated carbocycles. The molecule has 0 N–H and O–H groups in total. The molecule has 1 amide bonds. The average Bonchev–Trinajstić information content (AvgIpc) is 3.39. The van der Waals surface area contributed by atoms with E-state index in [1.165, 1.54) is 10.9 Å². The highest BCUT2D eigenvalue weighted by Crippen LogP contribution is 2.14. The second kappa shape index (κ2) is 8.58. The third kappa shape index (κ3) is 3.94. The van der Waals surface area contributed by atoms with Crippen LogP contribution in [0.5, 0.6) is 0 Å². The Labute approximate surface area is 183 Å². The van der Waals surface area contributed by atoms with Crippen molar-refractivity contribution in [1.29, 1.82) is 0 Å². The molecule has 4 aromatic rings. The van der Waals surface area contributed by atoms with Gasteiger partial charge >= 0.3 is 0 Å². The summed E-state index contributed by atoms with van der Waals surface area (Å²) in [6, 6.07) is 12.9. The first-order valence-corrected chi connectivity index (χ1v) is 10.5. The number of carbonyl (C=O) groups excluding carboxylic acids is 1. The van der Waals surface area contributed by atoms with E-state index in [1.54, 1.807) is 23.0 Å². The maximum Gasteiger partial charge on any atom is 0.261 e. The van der Waals surface area contributed by atoms with Crippen molar-refractivity contribution in [2.45, 2.75) is 13.0 Å². The minimum Gasteiger partial charge on any atom is -0.352 e. The summed E-state index contributed by atoms with van der Waals surface area (Å²) in [6.07, 6.45) is 5.29. The molecule has 162 valence electrons. The molecule has 0 radical (unpaired) electrons. The molecule has 10 nitrogen and oxygen atoms in total. The van der Waals surface area contributed by atoms with Gasteiger partial charge in [0, 0.05) is 51.5 Å². The molecule has 0 unspecified atom stereocenters. The molecule has 10 heteroatoms. The quantitative estimate of drug-likeness (QED) is 0.467. The predicted octanol–water partition coefficient (Wildman–Crippen LogP) is 1.11. The van der Waals surface area contributed by atoms with E-state index >= 15 is 0 Å². The molecule has 5 rings (SSSR count). The number of aromatic nitrogens is 6. The van der Waals surface area contributed by atoms with Crippen molar-refractivity contribution >= 4 is 22.6 Å². The van der Waals surface area contributed by atoms with E-state index in [4.69, 9.17) is 0 Å². The normalized spacial score (nSPS) is 14.1. The summed E-state index contributed by atoms with van der Waals surface area (Å²) >= 11 is 0. The Morgan fingerprint density at radius 1 is 0.938 bits per heavy atom. The van der Waals surface area contributed by atoms with Gasteiger partial charge in [-0.25, -0.2) is 9.67 Å². The van der Waals surface area contributed by atoms with Crippen molar-refractivity contribution < 1.29 is 4.79 Å². The van der Waals surface area contributed by atoms with Gasteiger partial charge in [-0.3, -0.25) is 14.2 Å². The Balaban J connectivity index is 1.16. The lowest BCUT2D eigenvalue weighted by molar-refractivity contribution is -0.131. The van der Waals surface area contributed by atoms with Crippen molar-refractivity contribution in [3.63, 3.8) is 0 Å². The number of fused-ring (bicyclic) bond motifs is 1. The number of nitrogens with zero attached hydrogens (tertiary/aromatic N) is 8. The Kier molecular flexibility index (Phi) is 5.32. The van der Waals surface area contributed by atoms with Gasteiger partial charge in [0.25, 0.3) is 5.56 Å². The number of carbonyl (C=O) groups is 1. The van der Waals surface area contributed by atoms with E-state index in [2.05, 4.69) is 25.2 Å². The van der Waals surface area contributed by atoms with Gasteiger partial charge in [-0.05, 0) is 30.3 Å². The first kappa shape index (κ1) is 19.9. The fourth-order valence-corrected chi connectivity index (χ4v) is 3.84. The van der Waals surface area contributed by atoms with E-state index in [0.717, 1.165) is 5.82 Å². The van der Waals surface area contributed by atoms with Crippen LogP contribution in [0, 0.1) is 0 Å². The highest BCUT2D eigenvalue weighted by atomic mass is 16.2. The number of hydrogen-bond acceptors (Lipinski definition) is 7.